The lowest BCUT2D eigenvalue weighted by Crippen LogP contribution is -2.14. The second kappa shape index (κ2) is 9.37. The largest absolute Gasteiger partial charge is 0.478 e. The maximum atomic E-state index is 12.4. The summed E-state index contributed by atoms with van der Waals surface area (Å²) in [6, 6.07) is 15.0. The number of aromatic carboxylic acids is 1. The first-order valence-corrected chi connectivity index (χ1v) is 10.9. The zero-order chi connectivity index (χ0) is 20.1. The van der Waals surface area contributed by atoms with Gasteiger partial charge in [0.25, 0.3) is 0 Å². The van der Waals surface area contributed by atoms with E-state index < -0.39 is 5.97 Å². The summed E-state index contributed by atoms with van der Waals surface area (Å²) < 4.78 is 0. The Labute approximate surface area is 180 Å². The van der Waals surface area contributed by atoms with Crippen LogP contribution in [0.15, 0.2) is 53.9 Å². The van der Waals surface area contributed by atoms with Gasteiger partial charge in [0.2, 0.25) is 5.91 Å². The number of carboxylic acids is 1. The van der Waals surface area contributed by atoms with Crippen LogP contribution in [0.2, 0.25) is 5.02 Å². The van der Waals surface area contributed by atoms with Gasteiger partial charge in [-0.1, -0.05) is 70.0 Å². The Morgan fingerprint density at radius 3 is 2.46 bits per heavy atom. The van der Waals surface area contributed by atoms with Crippen molar-refractivity contribution >= 4 is 56.4 Å². The van der Waals surface area contributed by atoms with Crippen LogP contribution in [0.1, 0.15) is 27.9 Å². The van der Waals surface area contributed by atoms with Crippen molar-refractivity contribution in [2.75, 3.05) is 5.32 Å². The Morgan fingerprint density at radius 2 is 1.82 bits per heavy atom. The summed E-state index contributed by atoms with van der Waals surface area (Å²) >= 11 is 10.8. The number of carbonyl (C=O) groups excluding carboxylic acids is 1. The molecule has 7 heteroatoms. The number of nitrogens with one attached hydrogen (secondary N) is 1. The van der Waals surface area contributed by atoms with E-state index in [4.69, 9.17) is 11.6 Å². The molecular formula is C21H17BrClNO3S. The van der Waals surface area contributed by atoms with Crippen LogP contribution in [0.4, 0.5) is 5.69 Å². The molecule has 3 rings (SSSR count). The van der Waals surface area contributed by atoms with Crippen molar-refractivity contribution in [1.82, 2.24) is 0 Å². The molecule has 0 radical (unpaired) electrons. The van der Waals surface area contributed by atoms with Gasteiger partial charge in [0.15, 0.2) is 0 Å². The topological polar surface area (TPSA) is 66.4 Å². The highest BCUT2D eigenvalue weighted by atomic mass is 79.9. The molecule has 1 heterocycles. The molecule has 0 atom stereocenters. The van der Waals surface area contributed by atoms with E-state index in [1.807, 2.05) is 42.5 Å². The number of hydrogen-bond donors (Lipinski definition) is 2. The number of benzene rings is 2. The standard InChI is InChI=1S/C21H17BrClNO3S/c22-11-13-5-7-15(8-6-13)20-19(21(26)27)17(12-28-20)24-18(25)10-9-14-3-1-2-4-16(14)23/h1-8,12H,9-11H2,(H,24,25)(H,26,27). The van der Waals surface area contributed by atoms with E-state index in [0.717, 1.165) is 22.0 Å². The number of halogens is 2. The van der Waals surface area contributed by atoms with E-state index in [1.165, 1.54) is 11.3 Å². The average Bonchev–Trinajstić information content (AvgIpc) is 3.11. The second-order valence-electron chi connectivity index (χ2n) is 6.13. The maximum Gasteiger partial charge on any atom is 0.339 e. The maximum absolute atomic E-state index is 12.4. The van der Waals surface area contributed by atoms with Crippen LogP contribution in [0.3, 0.4) is 0 Å². The first-order chi connectivity index (χ1) is 13.5. The summed E-state index contributed by atoms with van der Waals surface area (Å²) in [7, 11) is 0. The number of aryl methyl sites for hydroxylation is 1. The van der Waals surface area contributed by atoms with E-state index in [-0.39, 0.29) is 17.9 Å². The molecule has 1 amide bonds. The van der Waals surface area contributed by atoms with Gasteiger partial charge in [-0.25, -0.2) is 4.79 Å². The quantitative estimate of drug-likeness (QED) is 0.395. The molecule has 144 valence electrons. The molecule has 0 aliphatic carbocycles. The first kappa shape index (κ1) is 20.6. The number of thiophene rings is 1. The van der Waals surface area contributed by atoms with Crippen LogP contribution in [0.5, 0.6) is 0 Å². The molecule has 0 spiro atoms. The zero-order valence-electron chi connectivity index (χ0n) is 14.7. The predicted octanol–water partition coefficient (Wildman–Crippen LogP) is 6.23. The fourth-order valence-corrected chi connectivity index (χ4v) is 4.39. The molecule has 4 nitrogen and oxygen atoms in total. The van der Waals surface area contributed by atoms with Crippen molar-refractivity contribution < 1.29 is 14.7 Å². The molecule has 0 saturated carbocycles. The van der Waals surface area contributed by atoms with Crippen LogP contribution in [-0.2, 0) is 16.5 Å². The molecule has 0 aliphatic rings. The summed E-state index contributed by atoms with van der Waals surface area (Å²) in [6.07, 6.45) is 0.701. The monoisotopic (exact) mass is 477 g/mol. The van der Waals surface area contributed by atoms with Gasteiger partial charge in [0.05, 0.1) is 10.6 Å². The van der Waals surface area contributed by atoms with Crippen LogP contribution in [0.25, 0.3) is 10.4 Å². The number of amides is 1. The SMILES string of the molecule is O=C(CCc1ccccc1Cl)Nc1csc(-c2ccc(CBr)cc2)c1C(=O)O. The van der Waals surface area contributed by atoms with Gasteiger partial charge >= 0.3 is 5.97 Å². The number of rotatable bonds is 7. The number of carbonyl (C=O) groups is 2. The highest BCUT2D eigenvalue weighted by molar-refractivity contribution is 9.08. The summed E-state index contributed by atoms with van der Waals surface area (Å²) in [5, 5.41) is 15.4. The lowest BCUT2D eigenvalue weighted by Gasteiger charge is -2.07. The van der Waals surface area contributed by atoms with Crippen LogP contribution < -0.4 is 5.32 Å². The Balaban J connectivity index is 1.76. The third-order valence-electron chi connectivity index (χ3n) is 4.23. The smallest absolute Gasteiger partial charge is 0.339 e. The van der Waals surface area contributed by atoms with Gasteiger partial charge in [-0.3, -0.25) is 4.79 Å². The third kappa shape index (κ3) is 4.82. The minimum Gasteiger partial charge on any atom is -0.478 e. The van der Waals surface area contributed by atoms with Crippen LogP contribution in [0, 0.1) is 0 Å². The zero-order valence-corrected chi connectivity index (χ0v) is 17.9. The molecule has 28 heavy (non-hydrogen) atoms. The molecule has 0 bridgehead atoms. The van der Waals surface area contributed by atoms with Crippen molar-refractivity contribution in [2.24, 2.45) is 0 Å². The van der Waals surface area contributed by atoms with Crippen LogP contribution >= 0.6 is 38.9 Å². The molecular weight excluding hydrogens is 462 g/mol. The number of anilines is 1. The summed E-state index contributed by atoms with van der Waals surface area (Å²) in [5.41, 5.74) is 3.23. The van der Waals surface area contributed by atoms with E-state index in [0.29, 0.717) is 22.0 Å². The normalized spacial score (nSPS) is 10.6. The highest BCUT2D eigenvalue weighted by Crippen LogP contribution is 2.36. The van der Waals surface area contributed by atoms with Crippen molar-refractivity contribution in [3.05, 3.63) is 75.6 Å². The van der Waals surface area contributed by atoms with Crippen molar-refractivity contribution in [3.63, 3.8) is 0 Å². The van der Waals surface area contributed by atoms with E-state index in [2.05, 4.69) is 21.2 Å². The Morgan fingerprint density at radius 1 is 1.11 bits per heavy atom. The van der Waals surface area contributed by atoms with Gasteiger partial charge in [-0.05, 0) is 29.2 Å². The minimum absolute atomic E-state index is 0.114. The van der Waals surface area contributed by atoms with Gasteiger partial charge in [0.1, 0.15) is 5.56 Å². The molecule has 3 aromatic rings. The van der Waals surface area contributed by atoms with E-state index >= 15 is 0 Å². The summed E-state index contributed by atoms with van der Waals surface area (Å²) in [5.74, 6) is -1.32. The number of carboxylic acid groups (broad SMARTS) is 1. The highest BCUT2D eigenvalue weighted by Gasteiger charge is 2.21. The fourth-order valence-electron chi connectivity index (χ4n) is 2.78. The summed E-state index contributed by atoms with van der Waals surface area (Å²) in [6.45, 7) is 0. The molecule has 1 aromatic heterocycles. The van der Waals surface area contributed by atoms with Crippen molar-refractivity contribution in [3.8, 4) is 10.4 Å². The number of hydrogen-bond acceptors (Lipinski definition) is 3. The van der Waals surface area contributed by atoms with Gasteiger partial charge in [-0.15, -0.1) is 11.3 Å². The van der Waals surface area contributed by atoms with Crippen molar-refractivity contribution in [1.29, 1.82) is 0 Å². The molecule has 0 saturated heterocycles. The minimum atomic E-state index is -1.07. The molecule has 2 N–H and O–H groups in total. The van der Waals surface area contributed by atoms with Crippen LogP contribution in [-0.4, -0.2) is 17.0 Å². The average molecular weight is 479 g/mol. The lowest BCUT2D eigenvalue weighted by molar-refractivity contribution is -0.116. The fraction of sp³-hybridized carbons (Fsp3) is 0.143. The second-order valence-corrected chi connectivity index (χ2v) is 7.98. The molecule has 2 aromatic carbocycles. The van der Waals surface area contributed by atoms with Gasteiger partial charge < -0.3 is 10.4 Å². The van der Waals surface area contributed by atoms with E-state index in [9.17, 15) is 14.7 Å². The Hall–Kier alpha value is -2.15. The van der Waals surface area contributed by atoms with Gasteiger partial charge in [0, 0.05) is 22.2 Å². The first-order valence-electron chi connectivity index (χ1n) is 8.53. The van der Waals surface area contributed by atoms with Gasteiger partial charge in [-0.2, -0.15) is 0 Å². The third-order valence-corrected chi connectivity index (χ3v) is 6.27. The molecule has 0 unspecified atom stereocenters. The lowest BCUT2D eigenvalue weighted by atomic mass is 10.1. The number of alkyl halides is 1. The summed E-state index contributed by atoms with van der Waals surface area (Å²) in [4.78, 5) is 24.8. The Kier molecular flexibility index (Phi) is 6.88. The molecule has 0 fully saturated rings. The predicted molar refractivity (Wildman–Crippen MR) is 118 cm³/mol. The van der Waals surface area contributed by atoms with Crippen molar-refractivity contribution in [2.45, 2.75) is 18.2 Å². The van der Waals surface area contributed by atoms with E-state index in [1.54, 1.807) is 11.4 Å². The molecule has 0 aliphatic heterocycles. The Bertz CT molecular complexity index is 1000.